The molecule has 0 heterocycles. The molecule has 0 spiro atoms. The first-order valence-corrected chi connectivity index (χ1v) is 4.95. The van der Waals surface area contributed by atoms with E-state index in [0.29, 0.717) is 0 Å². The fraction of sp³-hybridized carbons (Fsp3) is 0.143. The van der Waals surface area contributed by atoms with Crippen LogP contribution in [0.25, 0.3) is 6.08 Å². The molecule has 0 bridgehead atoms. The second kappa shape index (κ2) is 4.10. The van der Waals surface area contributed by atoms with Gasteiger partial charge in [0.05, 0.1) is 0 Å². The Hall–Kier alpha value is -1.56. The van der Waals surface area contributed by atoms with E-state index in [1.165, 1.54) is 16.7 Å². The molecule has 0 aliphatic heterocycles. The molecule has 1 aliphatic rings. The third-order valence-corrected chi connectivity index (χ3v) is 2.31. The van der Waals surface area contributed by atoms with Crippen molar-refractivity contribution in [2.24, 2.45) is 0 Å². The monoisotopic (exact) mass is 182 g/mol. The second-order valence-electron chi connectivity index (χ2n) is 3.62. The van der Waals surface area contributed by atoms with Crippen LogP contribution in [0.2, 0.25) is 0 Å². The molecule has 0 N–H and O–H groups in total. The van der Waals surface area contributed by atoms with Crippen LogP contribution in [0.3, 0.4) is 0 Å². The average molecular weight is 182 g/mol. The van der Waals surface area contributed by atoms with Gasteiger partial charge in [-0.2, -0.15) is 0 Å². The van der Waals surface area contributed by atoms with Crippen LogP contribution < -0.4 is 0 Å². The maximum Gasteiger partial charge on any atom is -0.00941 e. The number of aryl methyl sites for hydroxylation is 1. The highest BCUT2D eigenvalue weighted by Crippen LogP contribution is 2.15. The summed E-state index contributed by atoms with van der Waals surface area (Å²) in [4.78, 5) is 0. The van der Waals surface area contributed by atoms with Crippen molar-refractivity contribution in [1.29, 1.82) is 0 Å². The largest absolute Gasteiger partial charge is 0.0801 e. The zero-order valence-corrected chi connectivity index (χ0v) is 8.40. The first kappa shape index (κ1) is 9.01. The summed E-state index contributed by atoms with van der Waals surface area (Å²) >= 11 is 0. The number of hydrogen-bond donors (Lipinski definition) is 0. The minimum atomic E-state index is 1.05. The smallest absolute Gasteiger partial charge is 0.00941 e. The second-order valence-corrected chi connectivity index (χ2v) is 3.62. The molecule has 0 atom stereocenters. The zero-order chi connectivity index (χ0) is 9.80. The molecule has 14 heavy (non-hydrogen) atoms. The van der Waals surface area contributed by atoms with E-state index in [1.54, 1.807) is 0 Å². The molecule has 1 aromatic carbocycles. The van der Waals surface area contributed by atoms with Crippen LogP contribution in [-0.4, -0.2) is 0 Å². The van der Waals surface area contributed by atoms with Gasteiger partial charge in [0.15, 0.2) is 0 Å². The normalized spacial score (nSPS) is 17.6. The molecule has 0 unspecified atom stereocenters. The minimum absolute atomic E-state index is 1.05. The van der Waals surface area contributed by atoms with Gasteiger partial charge >= 0.3 is 0 Å². The van der Waals surface area contributed by atoms with Gasteiger partial charge < -0.3 is 0 Å². The van der Waals surface area contributed by atoms with Crippen LogP contribution >= 0.6 is 0 Å². The molecule has 0 amide bonds. The Labute approximate surface area is 85.3 Å². The molecule has 0 fully saturated rings. The molecule has 2 rings (SSSR count). The average Bonchev–Trinajstić information content (AvgIpc) is 2.19. The van der Waals surface area contributed by atoms with Crippen LogP contribution in [0.15, 0.2) is 54.1 Å². The van der Waals surface area contributed by atoms with Gasteiger partial charge in [0.1, 0.15) is 0 Å². The lowest BCUT2D eigenvalue weighted by atomic mass is 10.0. The minimum Gasteiger partial charge on any atom is -0.0801 e. The Bertz CT molecular complexity index is 406. The Morgan fingerprint density at radius 1 is 1.21 bits per heavy atom. The fourth-order valence-corrected chi connectivity index (χ4v) is 1.61. The van der Waals surface area contributed by atoms with Crippen molar-refractivity contribution < 1.29 is 0 Å². The Morgan fingerprint density at radius 2 is 2.14 bits per heavy atom. The van der Waals surface area contributed by atoms with E-state index in [1.807, 2.05) is 0 Å². The summed E-state index contributed by atoms with van der Waals surface area (Å²) < 4.78 is 0. The fourth-order valence-electron chi connectivity index (χ4n) is 1.61. The molecule has 0 saturated carbocycles. The lowest BCUT2D eigenvalue weighted by Crippen LogP contribution is -1.82. The third-order valence-electron chi connectivity index (χ3n) is 2.31. The quantitative estimate of drug-likeness (QED) is 0.618. The summed E-state index contributed by atoms with van der Waals surface area (Å²) in [5.74, 6) is 0. The zero-order valence-electron chi connectivity index (χ0n) is 8.40. The molecule has 0 aromatic heterocycles. The first-order chi connectivity index (χ1) is 6.84. The van der Waals surface area contributed by atoms with Gasteiger partial charge in [-0.05, 0) is 24.5 Å². The molecule has 1 aliphatic carbocycles. The van der Waals surface area contributed by atoms with Crippen molar-refractivity contribution >= 4 is 6.08 Å². The van der Waals surface area contributed by atoms with Crippen molar-refractivity contribution in [2.75, 3.05) is 0 Å². The first-order valence-electron chi connectivity index (χ1n) is 4.95. The highest BCUT2D eigenvalue weighted by Gasteiger charge is 1.94. The van der Waals surface area contributed by atoms with E-state index < -0.39 is 0 Å². The van der Waals surface area contributed by atoms with Crippen molar-refractivity contribution in [1.82, 2.24) is 0 Å². The van der Waals surface area contributed by atoms with E-state index in [2.05, 4.69) is 61.6 Å². The Morgan fingerprint density at radius 3 is 2.86 bits per heavy atom. The molecule has 70 valence electrons. The van der Waals surface area contributed by atoms with Gasteiger partial charge in [0, 0.05) is 0 Å². The van der Waals surface area contributed by atoms with Crippen LogP contribution in [0, 0.1) is 6.92 Å². The third kappa shape index (κ3) is 2.23. The van der Waals surface area contributed by atoms with Gasteiger partial charge in [-0.3, -0.25) is 0 Å². The molecule has 0 radical (unpaired) electrons. The van der Waals surface area contributed by atoms with E-state index in [-0.39, 0.29) is 0 Å². The predicted molar refractivity (Wildman–Crippen MR) is 62.1 cm³/mol. The van der Waals surface area contributed by atoms with Gasteiger partial charge in [-0.15, -0.1) is 0 Å². The van der Waals surface area contributed by atoms with Crippen molar-refractivity contribution in [2.45, 2.75) is 13.3 Å². The van der Waals surface area contributed by atoms with Crippen LogP contribution in [0.1, 0.15) is 17.5 Å². The van der Waals surface area contributed by atoms with E-state index in [0.717, 1.165) is 6.42 Å². The summed E-state index contributed by atoms with van der Waals surface area (Å²) in [7, 11) is 0. The maximum atomic E-state index is 2.24. The number of hydrogen-bond acceptors (Lipinski definition) is 0. The van der Waals surface area contributed by atoms with Crippen molar-refractivity contribution in [3.8, 4) is 0 Å². The Balaban J connectivity index is 2.25. The lowest BCUT2D eigenvalue weighted by molar-refractivity contribution is 1.28. The van der Waals surface area contributed by atoms with Crippen LogP contribution in [0.4, 0.5) is 0 Å². The molecule has 0 heteroatoms. The van der Waals surface area contributed by atoms with E-state index in [9.17, 15) is 0 Å². The standard InChI is InChI=1S/C14H14/c1-12-6-5-9-14(10-12)11-13-7-3-2-4-8-13/h2-7,9-11H,8H2,1H3/b13-11-. The molecular formula is C14H14. The van der Waals surface area contributed by atoms with Crippen LogP contribution in [-0.2, 0) is 0 Å². The summed E-state index contributed by atoms with van der Waals surface area (Å²) in [6.07, 6.45) is 11.8. The van der Waals surface area contributed by atoms with Crippen molar-refractivity contribution in [3.63, 3.8) is 0 Å². The highest BCUT2D eigenvalue weighted by molar-refractivity contribution is 5.57. The molecular weight excluding hydrogens is 168 g/mol. The summed E-state index contributed by atoms with van der Waals surface area (Å²) in [6.45, 7) is 2.12. The van der Waals surface area contributed by atoms with E-state index >= 15 is 0 Å². The van der Waals surface area contributed by atoms with Gasteiger partial charge in [-0.1, -0.05) is 60.2 Å². The Kier molecular flexibility index (Phi) is 2.64. The SMILES string of the molecule is Cc1cccc(/C=C2/C=CC=CC2)c1. The lowest BCUT2D eigenvalue weighted by Gasteiger charge is -2.02. The summed E-state index contributed by atoms with van der Waals surface area (Å²) in [5.41, 5.74) is 3.98. The van der Waals surface area contributed by atoms with Gasteiger partial charge in [0.2, 0.25) is 0 Å². The number of allylic oxidation sites excluding steroid dienone is 5. The summed E-state index contributed by atoms with van der Waals surface area (Å²) in [6, 6.07) is 8.58. The van der Waals surface area contributed by atoms with Crippen LogP contribution in [0.5, 0.6) is 0 Å². The highest BCUT2D eigenvalue weighted by atomic mass is 14.0. The van der Waals surface area contributed by atoms with Gasteiger partial charge in [0.25, 0.3) is 0 Å². The maximum absolute atomic E-state index is 2.24. The molecule has 0 nitrogen and oxygen atoms in total. The number of benzene rings is 1. The molecule has 0 saturated heterocycles. The molecule has 1 aromatic rings. The summed E-state index contributed by atoms with van der Waals surface area (Å²) in [5, 5.41) is 0. The van der Waals surface area contributed by atoms with Crippen molar-refractivity contribution in [3.05, 3.63) is 65.3 Å². The van der Waals surface area contributed by atoms with Gasteiger partial charge in [-0.25, -0.2) is 0 Å². The topological polar surface area (TPSA) is 0 Å². The number of rotatable bonds is 1. The predicted octanol–water partition coefficient (Wildman–Crippen LogP) is 3.89. The van der Waals surface area contributed by atoms with E-state index in [4.69, 9.17) is 0 Å².